The van der Waals surface area contributed by atoms with Gasteiger partial charge in [0.25, 0.3) is 5.91 Å². The smallest absolute Gasteiger partial charge is 0.375 e. The number of amides is 1. The summed E-state index contributed by atoms with van der Waals surface area (Å²) < 4.78 is 10.6. The van der Waals surface area contributed by atoms with Crippen molar-refractivity contribution in [1.82, 2.24) is 9.97 Å². The van der Waals surface area contributed by atoms with Crippen molar-refractivity contribution in [3.05, 3.63) is 64.8 Å². The fraction of sp³-hybridized carbons (Fsp3) is 0.105. The van der Waals surface area contributed by atoms with E-state index in [1.807, 2.05) is 12.1 Å². The number of rotatable bonds is 4. The molecule has 0 aliphatic carbocycles. The Morgan fingerprint density at radius 3 is 2.67 bits per heavy atom. The zero-order valence-electron chi connectivity index (χ0n) is 14.2. The number of hydrogen-bond donors (Lipinski definition) is 3. The van der Waals surface area contributed by atoms with Gasteiger partial charge in [0.05, 0.1) is 11.0 Å². The Labute approximate surface area is 152 Å². The van der Waals surface area contributed by atoms with E-state index >= 15 is 0 Å². The van der Waals surface area contributed by atoms with Crippen LogP contribution in [-0.2, 0) is 9.53 Å². The predicted octanol–water partition coefficient (Wildman–Crippen LogP) is 2.79. The van der Waals surface area contributed by atoms with E-state index in [4.69, 9.17) is 9.15 Å². The number of carbonyl (C=O) groups excluding carboxylic acids is 2. The summed E-state index contributed by atoms with van der Waals surface area (Å²) >= 11 is 0. The van der Waals surface area contributed by atoms with Crippen molar-refractivity contribution in [2.75, 3.05) is 5.32 Å². The van der Waals surface area contributed by atoms with Crippen LogP contribution >= 0.6 is 0 Å². The molecule has 4 rings (SSSR count). The number of aromatic amines is 2. The molecule has 8 nitrogen and oxygen atoms in total. The predicted molar refractivity (Wildman–Crippen MR) is 98.6 cm³/mol. The van der Waals surface area contributed by atoms with E-state index < -0.39 is 18.0 Å². The zero-order valence-corrected chi connectivity index (χ0v) is 14.2. The summed E-state index contributed by atoms with van der Waals surface area (Å²) in [7, 11) is 0. The first kappa shape index (κ1) is 16.6. The van der Waals surface area contributed by atoms with Crippen LogP contribution in [0.25, 0.3) is 22.0 Å². The molecule has 0 unspecified atom stereocenters. The van der Waals surface area contributed by atoms with E-state index in [-0.39, 0.29) is 11.4 Å². The molecular formula is C19H15N3O5. The Morgan fingerprint density at radius 2 is 1.85 bits per heavy atom. The van der Waals surface area contributed by atoms with Crippen molar-refractivity contribution in [1.29, 1.82) is 0 Å². The Morgan fingerprint density at radius 1 is 1.07 bits per heavy atom. The lowest BCUT2D eigenvalue weighted by Gasteiger charge is -2.12. The van der Waals surface area contributed by atoms with Crippen LogP contribution in [0.15, 0.2) is 57.7 Å². The molecular weight excluding hydrogens is 350 g/mol. The maximum absolute atomic E-state index is 12.3. The topological polar surface area (TPSA) is 117 Å². The molecule has 0 fully saturated rings. The number of ether oxygens (including phenoxy) is 1. The van der Waals surface area contributed by atoms with Gasteiger partial charge in [0, 0.05) is 11.1 Å². The maximum atomic E-state index is 12.3. The first-order valence-electron chi connectivity index (χ1n) is 8.22. The zero-order chi connectivity index (χ0) is 19.0. The van der Waals surface area contributed by atoms with Crippen LogP contribution in [-0.4, -0.2) is 27.9 Å². The molecule has 0 aliphatic rings. The van der Waals surface area contributed by atoms with Gasteiger partial charge in [0.1, 0.15) is 5.58 Å². The summed E-state index contributed by atoms with van der Waals surface area (Å²) in [6.07, 6.45) is -1.04. The van der Waals surface area contributed by atoms with Crippen molar-refractivity contribution in [2.45, 2.75) is 13.0 Å². The minimum Gasteiger partial charge on any atom is -0.449 e. The largest absolute Gasteiger partial charge is 0.449 e. The molecule has 0 aliphatic heterocycles. The highest BCUT2D eigenvalue weighted by molar-refractivity contribution is 5.98. The Bertz CT molecular complexity index is 1180. The second-order valence-corrected chi connectivity index (χ2v) is 6.02. The summed E-state index contributed by atoms with van der Waals surface area (Å²) in [5.41, 5.74) is 1.89. The molecule has 1 atom stereocenters. The fourth-order valence-corrected chi connectivity index (χ4v) is 2.71. The minimum atomic E-state index is -1.04. The van der Waals surface area contributed by atoms with Crippen LogP contribution in [0.3, 0.4) is 0 Å². The molecule has 0 saturated heterocycles. The third-order valence-corrected chi connectivity index (χ3v) is 4.06. The monoisotopic (exact) mass is 365 g/mol. The number of carbonyl (C=O) groups is 2. The van der Waals surface area contributed by atoms with Crippen LogP contribution in [0.2, 0.25) is 0 Å². The third-order valence-electron chi connectivity index (χ3n) is 4.06. The van der Waals surface area contributed by atoms with Crippen molar-refractivity contribution in [3.63, 3.8) is 0 Å². The molecule has 0 saturated carbocycles. The van der Waals surface area contributed by atoms with Gasteiger partial charge in [-0.05, 0) is 37.3 Å². The summed E-state index contributed by atoms with van der Waals surface area (Å²) in [5.74, 6) is -1.20. The first-order chi connectivity index (χ1) is 13.0. The van der Waals surface area contributed by atoms with Crippen LogP contribution in [0.5, 0.6) is 0 Å². The van der Waals surface area contributed by atoms with Gasteiger partial charge in [-0.3, -0.25) is 4.79 Å². The normalized spacial score (nSPS) is 12.2. The van der Waals surface area contributed by atoms with Crippen molar-refractivity contribution in [2.24, 2.45) is 0 Å². The second-order valence-electron chi connectivity index (χ2n) is 6.02. The van der Waals surface area contributed by atoms with Crippen molar-refractivity contribution in [3.8, 4) is 0 Å². The lowest BCUT2D eigenvalue weighted by molar-refractivity contribution is -0.123. The lowest BCUT2D eigenvalue weighted by atomic mass is 10.2. The van der Waals surface area contributed by atoms with Gasteiger partial charge in [0.2, 0.25) is 5.76 Å². The average Bonchev–Trinajstić information content (AvgIpc) is 3.23. The van der Waals surface area contributed by atoms with Gasteiger partial charge in [-0.1, -0.05) is 18.2 Å². The molecule has 4 aromatic rings. The van der Waals surface area contributed by atoms with E-state index in [9.17, 15) is 14.4 Å². The van der Waals surface area contributed by atoms with E-state index in [0.717, 1.165) is 5.39 Å². The number of nitrogens with one attached hydrogen (secondary N) is 3. The Kier molecular flexibility index (Phi) is 4.00. The number of benzene rings is 2. The summed E-state index contributed by atoms with van der Waals surface area (Å²) in [6.45, 7) is 1.46. The SMILES string of the molecule is C[C@@H](OC(=O)c1cc2ccccc2o1)C(=O)Nc1ccc2[nH]c(=O)[nH]c2c1. The molecule has 27 heavy (non-hydrogen) atoms. The molecule has 3 N–H and O–H groups in total. The van der Waals surface area contributed by atoms with Gasteiger partial charge in [-0.15, -0.1) is 0 Å². The molecule has 0 spiro atoms. The van der Waals surface area contributed by atoms with Crippen LogP contribution in [0.1, 0.15) is 17.5 Å². The van der Waals surface area contributed by atoms with Gasteiger partial charge in [0.15, 0.2) is 6.10 Å². The van der Waals surface area contributed by atoms with Crippen LogP contribution in [0.4, 0.5) is 5.69 Å². The number of H-pyrrole nitrogens is 2. The van der Waals surface area contributed by atoms with Crippen LogP contribution in [0, 0.1) is 0 Å². The van der Waals surface area contributed by atoms with E-state index in [2.05, 4.69) is 15.3 Å². The van der Waals surface area contributed by atoms with E-state index in [1.165, 1.54) is 6.92 Å². The number of aromatic nitrogens is 2. The van der Waals surface area contributed by atoms with Crippen molar-refractivity contribution >= 4 is 39.6 Å². The number of hydrogen-bond acceptors (Lipinski definition) is 5. The molecule has 0 radical (unpaired) electrons. The first-order valence-corrected chi connectivity index (χ1v) is 8.22. The molecule has 2 aromatic heterocycles. The van der Waals surface area contributed by atoms with Gasteiger partial charge < -0.3 is 24.4 Å². The van der Waals surface area contributed by atoms with E-state index in [1.54, 1.807) is 36.4 Å². The quantitative estimate of drug-likeness (QED) is 0.481. The number of fused-ring (bicyclic) bond motifs is 2. The fourth-order valence-electron chi connectivity index (χ4n) is 2.71. The van der Waals surface area contributed by atoms with E-state index in [0.29, 0.717) is 22.3 Å². The number of esters is 1. The minimum absolute atomic E-state index is 0.0298. The summed E-state index contributed by atoms with van der Waals surface area (Å²) in [4.78, 5) is 41.0. The number of para-hydroxylation sites is 1. The molecule has 8 heteroatoms. The Balaban J connectivity index is 1.44. The summed E-state index contributed by atoms with van der Waals surface area (Å²) in [6, 6.07) is 13.7. The van der Waals surface area contributed by atoms with Gasteiger partial charge in [-0.2, -0.15) is 0 Å². The van der Waals surface area contributed by atoms with Crippen LogP contribution < -0.4 is 11.0 Å². The summed E-state index contributed by atoms with van der Waals surface area (Å²) in [5, 5.41) is 3.42. The highest BCUT2D eigenvalue weighted by Gasteiger charge is 2.21. The highest BCUT2D eigenvalue weighted by Crippen LogP contribution is 2.20. The highest BCUT2D eigenvalue weighted by atomic mass is 16.6. The molecule has 2 aromatic carbocycles. The van der Waals surface area contributed by atoms with Gasteiger partial charge >= 0.3 is 11.7 Å². The molecule has 1 amide bonds. The van der Waals surface area contributed by atoms with Gasteiger partial charge in [-0.25, -0.2) is 9.59 Å². The third kappa shape index (κ3) is 3.32. The Hall–Kier alpha value is -3.81. The number of anilines is 1. The van der Waals surface area contributed by atoms with Crippen molar-refractivity contribution < 1.29 is 18.7 Å². The number of imidazole rings is 1. The second kappa shape index (κ2) is 6.49. The molecule has 0 bridgehead atoms. The lowest BCUT2D eigenvalue weighted by Crippen LogP contribution is -2.29. The number of furan rings is 1. The standard InChI is InChI=1S/C19H15N3O5/c1-10(26-18(24)16-8-11-4-2-3-5-15(11)27-16)17(23)20-12-6-7-13-14(9-12)22-19(25)21-13/h2-10H,1H3,(H,20,23)(H2,21,22,25)/t10-/m1/s1. The molecule has 2 heterocycles. The maximum Gasteiger partial charge on any atom is 0.375 e. The average molecular weight is 365 g/mol. The molecule has 136 valence electrons.